The number of nitrogens with one attached hydrogen (secondary N) is 1. The molecule has 6 heteroatoms. The average Bonchev–Trinajstić information content (AvgIpc) is 2.05. The lowest BCUT2D eigenvalue weighted by molar-refractivity contribution is -0.140. The maximum atomic E-state index is 12.4. The zero-order valence-electron chi connectivity index (χ0n) is 7.26. The number of rotatable bonds is 6. The van der Waals surface area contributed by atoms with E-state index in [-0.39, 0.29) is 6.42 Å². The third-order valence-corrected chi connectivity index (χ3v) is 1.54. The van der Waals surface area contributed by atoms with E-state index in [2.05, 4.69) is 5.32 Å². The van der Waals surface area contributed by atoms with Crippen LogP contribution in [0.1, 0.15) is 13.3 Å². The van der Waals surface area contributed by atoms with E-state index in [1.165, 1.54) is 0 Å². The Kier molecular flexibility index (Phi) is 4.79. The van der Waals surface area contributed by atoms with Crippen molar-refractivity contribution in [3.63, 3.8) is 0 Å². The first-order chi connectivity index (χ1) is 5.93. The van der Waals surface area contributed by atoms with Crippen LogP contribution in [0.3, 0.4) is 0 Å². The predicted octanol–water partition coefficient (Wildman–Crippen LogP) is 0.0668. The van der Waals surface area contributed by atoms with Gasteiger partial charge >= 0.3 is 5.97 Å². The number of hydrogen-bond acceptors (Lipinski definition) is 3. The highest BCUT2D eigenvalue weighted by molar-refractivity contribution is 5.73. The van der Waals surface area contributed by atoms with Gasteiger partial charge in [0.25, 0.3) is 5.92 Å². The Labute approximate surface area is 74.6 Å². The van der Waals surface area contributed by atoms with Gasteiger partial charge in [-0.25, -0.2) is 8.78 Å². The molecule has 0 saturated carbocycles. The summed E-state index contributed by atoms with van der Waals surface area (Å²) in [5, 5.41) is 18.8. The highest BCUT2D eigenvalue weighted by Crippen LogP contribution is 2.10. The summed E-state index contributed by atoms with van der Waals surface area (Å²) in [5.74, 6) is -4.43. The molecule has 0 fully saturated rings. The monoisotopic (exact) mass is 197 g/mol. The predicted molar refractivity (Wildman–Crippen MR) is 41.8 cm³/mol. The first-order valence-corrected chi connectivity index (χ1v) is 3.88. The van der Waals surface area contributed by atoms with Crippen LogP contribution in [-0.2, 0) is 4.79 Å². The molecule has 0 aliphatic carbocycles. The normalized spacial score (nSPS) is 14.2. The van der Waals surface area contributed by atoms with Crippen LogP contribution >= 0.6 is 0 Å². The van der Waals surface area contributed by atoms with E-state index in [4.69, 9.17) is 10.2 Å². The molecule has 0 radical (unpaired) electrons. The maximum absolute atomic E-state index is 12.4. The summed E-state index contributed by atoms with van der Waals surface area (Å²) in [4.78, 5) is 10.4. The maximum Gasteiger partial charge on any atom is 0.320 e. The number of halogens is 2. The molecule has 0 aliphatic rings. The van der Waals surface area contributed by atoms with Crippen LogP contribution in [0.2, 0.25) is 0 Å². The molecule has 1 unspecified atom stereocenters. The third-order valence-electron chi connectivity index (χ3n) is 1.54. The zero-order chi connectivity index (χ0) is 10.5. The summed E-state index contributed by atoms with van der Waals surface area (Å²) in [5.41, 5.74) is 0. The number of aliphatic carboxylic acids is 1. The molecule has 0 aromatic carbocycles. The molecule has 4 nitrogen and oxygen atoms in total. The molecule has 3 N–H and O–H groups in total. The lowest BCUT2D eigenvalue weighted by Crippen LogP contribution is -2.44. The Morgan fingerprint density at radius 2 is 2.15 bits per heavy atom. The molecular weight excluding hydrogens is 184 g/mol. The average molecular weight is 197 g/mol. The number of carboxylic acids is 1. The second kappa shape index (κ2) is 5.08. The second-order valence-electron chi connectivity index (χ2n) is 2.69. The van der Waals surface area contributed by atoms with Gasteiger partial charge < -0.3 is 10.2 Å². The van der Waals surface area contributed by atoms with Gasteiger partial charge in [-0.1, -0.05) is 6.92 Å². The minimum absolute atomic E-state index is 0.219. The van der Waals surface area contributed by atoms with Gasteiger partial charge in [0.2, 0.25) is 0 Å². The summed E-state index contributed by atoms with van der Waals surface area (Å²) in [7, 11) is 0. The third kappa shape index (κ3) is 4.74. The number of carbonyl (C=O) groups is 1. The van der Waals surface area contributed by atoms with Gasteiger partial charge in [0.15, 0.2) is 0 Å². The van der Waals surface area contributed by atoms with Crippen molar-refractivity contribution in [2.75, 3.05) is 13.2 Å². The number of carboxylic acid groups (broad SMARTS) is 1. The Balaban J connectivity index is 3.92. The Hall–Kier alpha value is -0.750. The highest BCUT2D eigenvalue weighted by Gasteiger charge is 2.29. The molecule has 78 valence electrons. The Morgan fingerprint density at radius 3 is 2.46 bits per heavy atom. The lowest BCUT2D eigenvalue weighted by atomic mass is 10.2. The smallest absolute Gasteiger partial charge is 0.320 e. The van der Waals surface area contributed by atoms with Crippen LogP contribution in [0, 0.1) is 0 Å². The first kappa shape index (κ1) is 12.2. The Bertz CT molecular complexity index is 175. The molecule has 0 heterocycles. The van der Waals surface area contributed by atoms with Gasteiger partial charge in [-0.15, -0.1) is 0 Å². The molecule has 0 aliphatic heterocycles. The number of aliphatic hydroxyl groups is 1. The molecular formula is C7H13F2NO3. The Morgan fingerprint density at radius 1 is 1.62 bits per heavy atom. The molecule has 0 rings (SSSR count). The van der Waals surface area contributed by atoms with Crippen LogP contribution in [0.5, 0.6) is 0 Å². The molecule has 1 atom stereocenters. The standard InChI is InChI=1S/C7H13F2NO3/c1-2-5(6(12)13)10-3-7(8,9)4-11/h5,10-11H,2-4H2,1H3,(H,12,13). The van der Waals surface area contributed by atoms with E-state index < -0.39 is 31.1 Å². The van der Waals surface area contributed by atoms with E-state index in [0.29, 0.717) is 0 Å². The molecule has 0 aromatic heterocycles. The minimum Gasteiger partial charge on any atom is -0.480 e. The molecule has 0 aromatic rings. The van der Waals surface area contributed by atoms with Crippen molar-refractivity contribution in [3.05, 3.63) is 0 Å². The summed E-state index contributed by atoms with van der Waals surface area (Å²) >= 11 is 0. The van der Waals surface area contributed by atoms with Crippen molar-refractivity contribution in [2.45, 2.75) is 25.3 Å². The van der Waals surface area contributed by atoms with Gasteiger partial charge in [-0.05, 0) is 6.42 Å². The van der Waals surface area contributed by atoms with Gasteiger partial charge in [0, 0.05) is 0 Å². The van der Waals surface area contributed by atoms with Crippen LogP contribution in [-0.4, -0.2) is 41.3 Å². The van der Waals surface area contributed by atoms with E-state index in [1.54, 1.807) is 6.92 Å². The largest absolute Gasteiger partial charge is 0.480 e. The number of aliphatic hydroxyl groups excluding tert-OH is 1. The van der Waals surface area contributed by atoms with Gasteiger partial charge in [0.1, 0.15) is 12.6 Å². The summed E-state index contributed by atoms with van der Waals surface area (Å²) in [6.07, 6.45) is 0.219. The molecule has 0 saturated heterocycles. The van der Waals surface area contributed by atoms with Gasteiger partial charge in [-0.3, -0.25) is 10.1 Å². The van der Waals surface area contributed by atoms with Gasteiger partial charge in [-0.2, -0.15) is 0 Å². The van der Waals surface area contributed by atoms with E-state index in [0.717, 1.165) is 0 Å². The fraction of sp³-hybridized carbons (Fsp3) is 0.857. The van der Waals surface area contributed by atoms with Crippen LogP contribution in [0.4, 0.5) is 8.78 Å². The van der Waals surface area contributed by atoms with Crippen molar-refractivity contribution >= 4 is 5.97 Å². The van der Waals surface area contributed by atoms with Crippen LogP contribution in [0.25, 0.3) is 0 Å². The number of hydrogen-bond donors (Lipinski definition) is 3. The summed E-state index contributed by atoms with van der Waals surface area (Å²) in [6, 6.07) is -0.988. The number of alkyl halides is 2. The fourth-order valence-corrected chi connectivity index (χ4v) is 0.735. The quantitative estimate of drug-likeness (QED) is 0.563. The summed E-state index contributed by atoms with van der Waals surface area (Å²) in [6.45, 7) is -0.534. The van der Waals surface area contributed by atoms with Crippen molar-refractivity contribution in [1.82, 2.24) is 5.32 Å². The summed E-state index contributed by atoms with van der Waals surface area (Å²) < 4.78 is 24.8. The van der Waals surface area contributed by atoms with Crippen molar-refractivity contribution in [2.24, 2.45) is 0 Å². The van der Waals surface area contributed by atoms with Gasteiger partial charge in [0.05, 0.1) is 6.54 Å². The zero-order valence-corrected chi connectivity index (χ0v) is 7.26. The fourth-order valence-electron chi connectivity index (χ4n) is 0.735. The van der Waals surface area contributed by atoms with E-state index >= 15 is 0 Å². The SMILES string of the molecule is CCC(NCC(F)(F)CO)C(=O)O. The minimum atomic E-state index is -3.26. The first-order valence-electron chi connectivity index (χ1n) is 3.88. The van der Waals surface area contributed by atoms with E-state index in [9.17, 15) is 13.6 Å². The molecule has 0 bridgehead atoms. The highest BCUT2D eigenvalue weighted by atomic mass is 19.3. The molecule has 13 heavy (non-hydrogen) atoms. The second-order valence-corrected chi connectivity index (χ2v) is 2.69. The van der Waals surface area contributed by atoms with Crippen LogP contribution in [0.15, 0.2) is 0 Å². The molecule has 0 spiro atoms. The molecule has 0 amide bonds. The topological polar surface area (TPSA) is 69.6 Å². The van der Waals surface area contributed by atoms with E-state index in [1.807, 2.05) is 0 Å². The van der Waals surface area contributed by atoms with Crippen LogP contribution < -0.4 is 5.32 Å². The van der Waals surface area contributed by atoms with Crippen molar-refractivity contribution < 1.29 is 23.8 Å². The van der Waals surface area contributed by atoms with Crippen molar-refractivity contribution in [1.29, 1.82) is 0 Å². The lowest BCUT2D eigenvalue weighted by Gasteiger charge is -2.17. The van der Waals surface area contributed by atoms with Crippen molar-refractivity contribution in [3.8, 4) is 0 Å².